The number of thioether (sulfide) groups is 1. The summed E-state index contributed by atoms with van der Waals surface area (Å²) in [6.07, 6.45) is 0. The van der Waals surface area contributed by atoms with Gasteiger partial charge in [0.1, 0.15) is 4.75 Å². The molecule has 0 radical (unpaired) electrons. The van der Waals surface area contributed by atoms with Crippen LogP contribution in [0.25, 0.3) is 0 Å². The summed E-state index contributed by atoms with van der Waals surface area (Å²) in [7, 11) is 0. The minimum absolute atomic E-state index is 0.0963. The Hall–Kier alpha value is -1.00. The third-order valence-electron chi connectivity index (χ3n) is 2.25. The first kappa shape index (κ1) is 14.1. The van der Waals surface area contributed by atoms with Crippen molar-refractivity contribution in [2.45, 2.75) is 18.6 Å². The van der Waals surface area contributed by atoms with Gasteiger partial charge in [-0.1, -0.05) is 11.6 Å². The van der Waals surface area contributed by atoms with Gasteiger partial charge in [0.05, 0.1) is 5.75 Å². The van der Waals surface area contributed by atoms with Gasteiger partial charge >= 0.3 is 5.97 Å². The number of benzene rings is 1. The molecule has 0 aliphatic rings. The Morgan fingerprint density at radius 2 is 1.82 bits per heavy atom. The molecular weight excluding hydrogens is 260 g/mol. The summed E-state index contributed by atoms with van der Waals surface area (Å²) in [4.78, 5) is 22.6. The summed E-state index contributed by atoms with van der Waals surface area (Å²) >= 11 is 6.83. The molecule has 0 aliphatic carbocycles. The maximum Gasteiger partial charge on any atom is 0.319 e. The molecule has 0 saturated heterocycles. The first-order chi connectivity index (χ1) is 7.83. The second-order valence-corrected chi connectivity index (χ2v) is 6.07. The molecule has 0 bridgehead atoms. The zero-order valence-electron chi connectivity index (χ0n) is 9.57. The van der Waals surface area contributed by atoms with Crippen LogP contribution in [0.15, 0.2) is 24.3 Å². The van der Waals surface area contributed by atoms with E-state index < -0.39 is 10.7 Å². The zero-order valence-corrected chi connectivity index (χ0v) is 11.1. The van der Waals surface area contributed by atoms with Gasteiger partial charge in [0.15, 0.2) is 5.78 Å². The van der Waals surface area contributed by atoms with Crippen molar-refractivity contribution in [1.29, 1.82) is 0 Å². The molecule has 1 N–H and O–H groups in total. The number of rotatable bonds is 5. The number of Topliss-reactive ketones (excluding diaryl/α,β-unsaturated/α-hetero) is 1. The number of aliphatic carboxylic acids is 1. The largest absolute Gasteiger partial charge is 0.480 e. The van der Waals surface area contributed by atoms with E-state index >= 15 is 0 Å². The summed E-state index contributed by atoms with van der Waals surface area (Å²) < 4.78 is -0.956. The third kappa shape index (κ3) is 4.06. The molecule has 5 heteroatoms. The number of carbonyl (C=O) groups is 2. The van der Waals surface area contributed by atoms with Crippen LogP contribution < -0.4 is 0 Å². The number of hydrogen-bond donors (Lipinski definition) is 1. The minimum atomic E-state index is -0.956. The molecule has 1 aromatic carbocycles. The minimum Gasteiger partial charge on any atom is -0.480 e. The third-order valence-corrected chi connectivity index (χ3v) is 3.80. The van der Waals surface area contributed by atoms with Crippen LogP contribution in [0.5, 0.6) is 0 Å². The standard InChI is InChI=1S/C12H13ClO3S/c1-12(2,11(15)16)17-7-10(14)8-3-5-9(13)6-4-8/h3-6H,7H2,1-2H3,(H,15,16). The van der Waals surface area contributed by atoms with Gasteiger partial charge in [-0.3, -0.25) is 9.59 Å². The molecule has 0 unspecified atom stereocenters. The SMILES string of the molecule is CC(C)(SCC(=O)c1ccc(Cl)cc1)C(=O)O. The van der Waals surface area contributed by atoms with E-state index in [1.807, 2.05) is 0 Å². The number of hydrogen-bond acceptors (Lipinski definition) is 3. The molecule has 17 heavy (non-hydrogen) atoms. The highest BCUT2D eigenvalue weighted by molar-refractivity contribution is 8.02. The van der Waals surface area contributed by atoms with Crippen molar-refractivity contribution in [3.8, 4) is 0 Å². The molecule has 1 aromatic rings. The van der Waals surface area contributed by atoms with Crippen molar-refractivity contribution in [2.24, 2.45) is 0 Å². The van der Waals surface area contributed by atoms with Crippen LogP contribution in [0, 0.1) is 0 Å². The summed E-state index contributed by atoms with van der Waals surface area (Å²) in [6.45, 7) is 3.16. The molecule has 92 valence electrons. The fraction of sp³-hybridized carbons (Fsp3) is 0.333. The number of carboxylic acids is 1. The van der Waals surface area contributed by atoms with Crippen LogP contribution in [0.1, 0.15) is 24.2 Å². The van der Waals surface area contributed by atoms with Crippen LogP contribution in [0.2, 0.25) is 5.02 Å². The van der Waals surface area contributed by atoms with Gasteiger partial charge in [0.25, 0.3) is 0 Å². The van der Waals surface area contributed by atoms with Crippen LogP contribution in [0.4, 0.5) is 0 Å². The number of carboxylic acid groups (broad SMARTS) is 1. The van der Waals surface area contributed by atoms with Gasteiger partial charge in [-0.15, -0.1) is 11.8 Å². The van der Waals surface area contributed by atoms with Gasteiger partial charge in [0, 0.05) is 10.6 Å². The average molecular weight is 273 g/mol. The maximum absolute atomic E-state index is 11.8. The summed E-state index contributed by atoms with van der Waals surface area (Å²) in [5.41, 5.74) is 0.545. The van der Waals surface area contributed by atoms with Gasteiger partial charge in [-0.25, -0.2) is 0 Å². The van der Waals surface area contributed by atoms with E-state index in [0.29, 0.717) is 10.6 Å². The van der Waals surface area contributed by atoms with E-state index in [4.69, 9.17) is 16.7 Å². The van der Waals surface area contributed by atoms with Crippen LogP contribution in [0.3, 0.4) is 0 Å². The Morgan fingerprint density at radius 3 is 2.29 bits per heavy atom. The summed E-state index contributed by atoms with van der Waals surface area (Å²) in [5, 5.41) is 9.48. The van der Waals surface area contributed by atoms with Crippen molar-refractivity contribution in [3.63, 3.8) is 0 Å². The molecule has 0 atom stereocenters. The smallest absolute Gasteiger partial charge is 0.319 e. The maximum atomic E-state index is 11.8. The molecular formula is C12H13ClO3S. The van der Waals surface area contributed by atoms with Gasteiger partial charge in [-0.2, -0.15) is 0 Å². The van der Waals surface area contributed by atoms with Crippen molar-refractivity contribution in [3.05, 3.63) is 34.9 Å². The Balaban J connectivity index is 2.62. The highest BCUT2D eigenvalue weighted by Gasteiger charge is 2.28. The van der Waals surface area contributed by atoms with Crippen molar-refractivity contribution in [1.82, 2.24) is 0 Å². The predicted molar refractivity (Wildman–Crippen MR) is 70.0 cm³/mol. The number of ketones is 1. The second kappa shape index (κ2) is 5.56. The zero-order chi connectivity index (χ0) is 13.1. The normalized spacial score (nSPS) is 11.2. The Bertz CT molecular complexity index is 426. The number of carbonyl (C=O) groups excluding carboxylic acids is 1. The Labute approximate surface area is 109 Å². The topological polar surface area (TPSA) is 54.4 Å². The second-order valence-electron chi connectivity index (χ2n) is 4.03. The molecule has 0 spiro atoms. The highest BCUT2D eigenvalue weighted by Crippen LogP contribution is 2.25. The lowest BCUT2D eigenvalue weighted by Crippen LogP contribution is -2.28. The summed E-state index contributed by atoms with van der Waals surface area (Å²) in [6, 6.07) is 6.56. The lowest BCUT2D eigenvalue weighted by atomic mass is 10.1. The van der Waals surface area contributed by atoms with E-state index in [2.05, 4.69) is 0 Å². The highest BCUT2D eigenvalue weighted by atomic mass is 35.5. The average Bonchev–Trinajstić information content (AvgIpc) is 2.27. The van der Waals surface area contributed by atoms with Crippen molar-refractivity contribution < 1.29 is 14.7 Å². The number of halogens is 1. The molecule has 0 aliphatic heterocycles. The van der Waals surface area contributed by atoms with Crippen molar-refractivity contribution in [2.75, 3.05) is 5.75 Å². The van der Waals surface area contributed by atoms with Gasteiger partial charge in [-0.05, 0) is 38.1 Å². The van der Waals surface area contributed by atoms with Crippen LogP contribution in [-0.2, 0) is 4.79 Å². The molecule has 1 rings (SSSR count). The molecule has 0 heterocycles. The Morgan fingerprint density at radius 1 is 1.29 bits per heavy atom. The lowest BCUT2D eigenvalue weighted by molar-refractivity contribution is -0.138. The van der Waals surface area contributed by atoms with E-state index in [0.717, 1.165) is 11.8 Å². The first-order valence-corrected chi connectivity index (χ1v) is 6.35. The van der Waals surface area contributed by atoms with E-state index in [-0.39, 0.29) is 11.5 Å². The van der Waals surface area contributed by atoms with E-state index in [1.54, 1.807) is 38.1 Å². The quantitative estimate of drug-likeness (QED) is 0.837. The fourth-order valence-corrected chi connectivity index (χ4v) is 1.93. The van der Waals surface area contributed by atoms with Gasteiger partial charge < -0.3 is 5.11 Å². The Kier molecular flexibility index (Phi) is 4.60. The van der Waals surface area contributed by atoms with E-state index in [9.17, 15) is 9.59 Å². The summed E-state index contributed by atoms with van der Waals surface area (Å²) in [5.74, 6) is -0.881. The van der Waals surface area contributed by atoms with Crippen LogP contribution in [-0.4, -0.2) is 27.4 Å². The molecule has 0 amide bonds. The predicted octanol–water partition coefficient (Wildman–Crippen LogP) is 3.12. The fourth-order valence-electron chi connectivity index (χ4n) is 1.03. The van der Waals surface area contributed by atoms with Crippen LogP contribution >= 0.6 is 23.4 Å². The molecule has 0 saturated carbocycles. The van der Waals surface area contributed by atoms with Crippen molar-refractivity contribution >= 4 is 35.1 Å². The molecule has 0 fully saturated rings. The van der Waals surface area contributed by atoms with Gasteiger partial charge in [0.2, 0.25) is 0 Å². The lowest BCUT2D eigenvalue weighted by Gasteiger charge is -2.17. The first-order valence-electron chi connectivity index (χ1n) is 4.99. The molecule has 3 nitrogen and oxygen atoms in total. The van der Waals surface area contributed by atoms with E-state index in [1.165, 1.54) is 0 Å². The molecule has 0 aromatic heterocycles. The monoisotopic (exact) mass is 272 g/mol.